The number of amides is 1. The largest absolute Gasteiger partial charge is 0.350 e. The van der Waals surface area contributed by atoms with Crippen LogP contribution >= 0.6 is 0 Å². The van der Waals surface area contributed by atoms with Crippen LogP contribution in [-0.4, -0.2) is 30.7 Å². The van der Waals surface area contributed by atoms with Crippen molar-refractivity contribution in [2.24, 2.45) is 7.05 Å². The Morgan fingerprint density at radius 1 is 1.28 bits per heavy atom. The molecule has 1 atom stereocenters. The zero-order valence-electron chi connectivity index (χ0n) is 14.6. The molecule has 0 saturated carbocycles. The first-order valence-corrected chi connectivity index (χ1v) is 8.01. The van der Waals surface area contributed by atoms with E-state index in [2.05, 4.69) is 20.7 Å². The standard InChI is InChI=1S/C17H20N6O2/c1-10-14(11(2)22(4)20-10)9-18-16(24)12(3)23-17(25)13-7-5-6-8-15(13)19-21-23/h5-8,12H,9H2,1-4H3,(H,18,24)/t12-/m1/s1. The van der Waals surface area contributed by atoms with Gasteiger partial charge in [0.2, 0.25) is 5.91 Å². The Morgan fingerprint density at radius 3 is 2.68 bits per heavy atom. The van der Waals surface area contributed by atoms with Crippen LogP contribution in [-0.2, 0) is 18.4 Å². The third kappa shape index (κ3) is 3.02. The highest BCUT2D eigenvalue weighted by atomic mass is 16.2. The molecule has 0 fully saturated rings. The van der Waals surface area contributed by atoms with Gasteiger partial charge in [-0.1, -0.05) is 17.3 Å². The summed E-state index contributed by atoms with van der Waals surface area (Å²) in [6.45, 7) is 5.83. The van der Waals surface area contributed by atoms with Gasteiger partial charge in [-0.05, 0) is 32.9 Å². The maximum absolute atomic E-state index is 12.5. The Kier molecular flexibility index (Phi) is 4.35. The lowest BCUT2D eigenvalue weighted by molar-refractivity contribution is -0.124. The summed E-state index contributed by atoms with van der Waals surface area (Å²) in [5.41, 5.74) is 3.02. The second-order valence-corrected chi connectivity index (χ2v) is 6.02. The van der Waals surface area contributed by atoms with Crippen LogP contribution in [0.2, 0.25) is 0 Å². The van der Waals surface area contributed by atoms with Crippen molar-refractivity contribution in [3.63, 3.8) is 0 Å². The van der Waals surface area contributed by atoms with E-state index in [1.807, 2.05) is 20.9 Å². The van der Waals surface area contributed by atoms with Gasteiger partial charge in [-0.3, -0.25) is 14.3 Å². The lowest BCUT2D eigenvalue weighted by Gasteiger charge is -2.14. The number of fused-ring (bicyclic) bond motifs is 1. The van der Waals surface area contributed by atoms with Crippen molar-refractivity contribution in [1.82, 2.24) is 30.1 Å². The minimum absolute atomic E-state index is 0.297. The number of carbonyl (C=O) groups excluding carboxylic acids is 1. The van der Waals surface area contributed by atoms with Crippen LogP contribution in [0.5, 0.6) is 0 Å². The summed E-state index contributed by atoms with van der Waals surface area (Å²) in [6.07, 6.45) is 0. The number of rotatable bonds is 4. The zero-order chi connectivity index (χ0) is 18.1. The van der Waals surface area contributed by atoms with Gasteiger partial charge in [-0.15, -0.1) is 5.10 Å². The molecule has 2 heterocycles. The van der Waals surface area contributed by atoms with E-state index in [1.165, 1.54) is 0 Å². The summed E-state index contributed by atoms with van der Waals surface area (Å²) in [7, 11) is 1.86. The van der Waals surface area contributed by atoms with Gasteiger partial charge in [-0.25, -0.2) is 0 Å². The topological polar surface area (TPSA) is 94.7 Å². The highest BCUT2D eigenvalue weighted by Crippen LogP contribution is 2.12. The van der Waals surface area contributed by atoms with E-state index in [0.717, 1.165) is 21.6 Å². The second kappa shape index (κ2) is 6.46. The fraction of sp³-hybridized carbons (Fsp3) is 0.353. The molecule has 0 aliphatic heterocycles. The van der Waals surface area contributed by atoms with Crippen molar-refractivity contribution in [2.45, 2.75) is 33.4 Å². The molecule has 2 aromatic heterocycles. The van der Waals surface area contributed by atoms with Crippen LogP contribution in [0, 0.1) is 13.8 Å². The fourth-order valence-electron chi connectivity index (χ4n) is 2.76. The lowest BCUT2D eigenvalue weighted by atomic mass is 10.2. The molecule has 3 rings (SSSR count). The molecule has 130 valence electrons. The number of nitrogens with one attached hydrogen (secondary N) is 1. The van der Waals surface area contributed by atoms with Crippen LogP contribution in [0.4, 0.5) is 0 Å². The lowest BCUT2D eigenvalue weighted by Crippen LogP contribution is -2.37. The first kappa shape index (κ1) is 16.8. The van der Waals surface area contributed by atoms with Crippen molar-refractivity contribution in [3.05, 3.63) is 51.6 Å². The van der Waals surface area contributed by atoms with Gasteiger partial charge in [-0.2, -0.15) is 9.78 Å². The van der Waals surface area contributed by atoms with Crippen LogP contribution in [0.3, 0.4) is 0 Å². The number of aryl methyl sites for hydroxylation is 2. The Morgan fingerprint density at radius 2 is 2.00 bits per heavy atom. The molecule has 0 bridgehead atoms. The van der Waals surface area contributed by atoms with Crippen LogP contribution in [0.15, 0.2) is 29.1 Å². The summed E-state index contributed by atoms with van der Waals surface area (Å²) in [5.74, 6) is -0.297. The monoisotopic (exact) mass is 340 g/mol. The Hall–Kier alpha value is -3.03. The summed E-state index contributed by atoms with van der Waals surface area (Å²) in [4.78, 5) is 25.0. The molecular weight excluding hydrogens is 320 g/mol. The highest BCUT2D eigenvalue weighted by Gasteiger charge is 2.20. The number of benzene rings is 1. The van der Waals surface area contributed by atoms with E-state index >= 15 is 0 Å². The molecule has 1 N–H and O–H groups in total. The third-order valence-electron chi connectivity index (χ3n) is 4.44. The fourth-order valence-corrected chi connectivity index (χ4v) is 2.76. The first-order chi connectivity index (χ1) is 11.9. The van der Waals surface area contributed by atoms with Crippen LogP contribution < -0.4 is 10.9 Å². The molecule has 0 spiro atoms. The first-order valence-electron chi connectivity index (χ1n) is 8.01. The predicted molar refractivity (Wildman–Crippen MR) is 93.0 cm³/mol. The molecule has 25 heavy (non-hydrogen) atoms. The molecule has 0 radical (unpaired) electrons. The second-order valence-electron chi connectivity index (χ2n) is 6.02. The summed E-state index contributed by atoms with van der Waals surface area (Å²) >= 11 is 0. The summed E-state index contributed by atoms with van der Waals surface area (Å²) < 4.78 is 2.89. The zero-order valence-corrected chi connectivity index (χ0v) is 14.6. The Bertz CT molecular complexity index is 1000. The van der Waals surface area contributed by atoms with Gasteiger partial charge in [0.25, 0.3) is 5.56 Å². The van der Waals surface area contributed by atoms with E-state index in [-0.39, 0.29) is 11.5 Å². The summed E-state index contributed by atoms with van der Waals surface area (Å²) in [6, 6.07) is 6.17. The molecular formula is C17H20N6O2. The van der Waals surface area contributed by atoms with E-state index in [1.54, 1.807) is 35.9 Å². The van der Waals surface area contributed by atoms with Crippen molar-refractivity contribution in [1.29, 1.82) is 0 Å². The minimum Gasteiger partial charge on any atom is -0.350 e. The molecule has 0 unspecified atom stereocenters. The van der Waals surface area contributed by atoms with Crippen LogP contribution in [0.1, 0.15) is 29.9 Å². The predicted octanol–water partition coefficient (Wildman–Crippen LogP) is 1.02. The molecule has 3 aromatic rings. The highest BCUT2D eigenvalue weighted by molar-refractivity contribution is 5.81. The molecule has 1 amide bonds. The van der Waals surface area contributed by atoms with Gasteiger partial charge in [0.1, 0.15) is 11.6 Å². The van der Waals surface area contributed by atoms with Gasteiger partial charge in [0.15, 0.2) is 0 Å². The van der Waals surface area contributed by atoms with Gasteiger partial charge < -0.3 is 5.32 Å². The van der Waals surface area contributed by atoms with E-state index < -0.39 is 6.04 Å². The molecule has 8 heteroatoms. The van der Waals surface area contributed by atoms with Crippen molar-refractivity contribution >= 4 is 16.8 Å². The number of hydrogen-bond acceptors (Lipinski definition) is 5. The number of nitrogens with zero attached hydrogens (tertiary/aromatic N) is 5. The number of hydrogen-bond donors (Lipinski definition) is 1. The molecule has 8 nitrogen and oxygen atoms in total. The molecule has 0 aliphatic carbocycles. The number of carbonyl (C=O) groups is 1. The normalized spacial score (nSPS) is 12.3. The Labute approximate surface area is 144 Å². The van der Waals surface area contributed by atoms with Crippen LogP contribution in [0.25, 0.3) is 10.9 Å². The summed E-state index contributed by atoms with van der Waals surface area (Å²) in [5, 5.41) is 15.5. The minimum atomic E-state index is -0.762. The van der Waals surface area contributed by atoms with Gasteiger partial charge in [0.05, 0.1) is 11.1 Å². The third-order valence-corrected chi connectivity index (χ3v) is 4.44. The average molecular weight is 340 g/mol. The number of aromatic nitrogens is 5. The van der Waals surface area contributed by atoms with E-state index in [4.69, 9.17) is 0 Å². The SMILES string of the molecule is Cc1nn(C)c(C)c1CNC(=O)[C@@H](C)n1nnc2ccccc2c1=O. The van der Waals surface area contributed by atoms with Gasteiger partial charge >= 0.3 is 0 Å². The quantitative estimate of drug-likeness (QED) is 0.765. The van der Waals surface area contributed by atoms with Crippen molar-refractivity contribution in [3.8, 4) is 0 Å². The maximum Gasteiger partial charge on any atom is 0.278 e. The molecule has 0 saturated heterocycles. The van der Waals surface area contributed by atoms with Crippen molar-refractivity contribution in [2.75, 3.05) is 0 Å². The molecule has 0 aliphatic rings. The average Bonchev–Trinajstić information content (AvgIpc) is 2.85. The molecule has 1 aromatic carbocycles. The maximum atomic E-state index is 12.5. The van der Waals surface area contributed by atoms with Gasteiger partial charge in [0, 0.05) is 24.8 Å². The Balaban J connectivity index is 1.81. The van der Waals surface area contributed by atoms with Crippen molar-refractivity contribution < 1.29 is 4.79 Å². The van der Waals surface area contributed by atoms with E-state index in [9.17, 15) is 9.59 Å². The smallest absolute Gasteiger partial charge is 0.278 e. The van der Waals surface area contributed by atoms with E-state index in [0.29, 0.717) is 17.4 Å².